The first-order valence-corrected chi connectivity index (χ1v) is 21.4. The van der Waals surface area contributed by atoms with Crippen molar-refractivity contribution in [1.82, 2.24) is 39.7 Å². The summed E-state index contributed by atoms with van der Waals surface area (Å²) >= 11 is 3.09. The number of hydrogen-bond donors (Lipinski definition) is 3. The number of nitrogens with one attached hydrogen (secondary N) is 1. The molecular formula is C43H56N10O4S2. The van der Waals surface area contributed by atoms with Crippen LogP contribution in [0.1, 0.15) is 105 Å². The minimum atomic E-state index is -0.479. The number of carbonyl (C=O) groups excluding carboxylic acids is 4. The maximum Gasteiger partial charge on any atom is 0.240 e. The first-order valence-electron chi connectivity index (χ1n) is 19.8. The highest BCUT2D eigenvalue weighted by Crippen LogP contribution is 2.34. The Bertz CT molecular complexity index is 2250. The maximum absolute atomic E-state index is 12.6. The van der Waals surface area contributed by atoms with Gasteiger partial charge in [0, 0.05) is 53.5 Å². The molecule has 14 nitrogen and oxygen atoms in total. The van der Waals surface area contributed by atoms with Gasteiger partial charge in [0.15, 0.2) is 0 Å². The number of aryl methyl sites for hydroxylation is 2. The molecule has 0 bridgehead atoms. The highest BCUT2D eigenvalue weighted by Gasteiger charge is 2.33. The number of aromatic nitrogens is 6. The normalized spacial score (nSPS) is 16.5. The van der Waals surface area contributed by atoms with E-state index in [2.05, 4.69) is 83.9 Å². The van der Waals surface area contributed by atoms with E-state index in [0.717, 1.165) is 79.5 Å². The van der Waals surface area contributed by atoms with E-state index in [0.29, 0.717) is 13.0 Å². The second kappa shape index (κ2) is 19.3. The fraction of sp³-hybridized carbons (Fsp3) is 0.465. The first kappa shape index (κ1) is 44.9. The summed E-state index contributed by atoms with van der Waals surface area (Å²) in [6, 6.07) is 7.66. The number of nitrogens with zero attached hydrogens (tertiary/aromatic N) is 7. The molecule has 2 saturated heterocycles. The second-order valence-corrected chi connectivity index (χ2v) is 19.0. The molecule has 0 aliphatic carbocycles. The number of nitrogens with two attached hydrogens (primary N) is 2. The van der Waals surface area contributed by atoms with Gasteiger partial charge in [0.2, 0.25) is 23.6 Å². The molecule has 7 rings (SSSR count). The Morgan fingerprint density at radius 1 is 0.763 bits per heavy atom. The van der Waals surface area contributed by atoms with Crippen LogP contribution in [-0.2, 0) is 38.1 Å². The van der Waals surface area contributed by atoms with Crippen LogP contribution in [0.2, 0.25) is 0 Å². The highest BCUT2D eigenvalue weighted by atomic mass is 32.1. The number of primary amides is 2. The maximum atomic E-state index is 12.6. The summed E-state index contributed by atoms with van der Waals surface area (Å²) in [5, 5.41) is 4.56. The van der Waals surface area contributed by atoms with Crippen LogP contribution >= 0.6 is 22.7 Å². The second-order valence-electron chi connectivity index (χ2n) is 16.8. The average molecular weight is 841 g/mol. The third kappa shape index (κ3) is 12.0. The number of rotatable bonds is 8. The number of hydrogen-bond acceptors (Lipinski definition) is 12. The third-order valence-electron chi connectivity index (χ3n) is 9.97. The van der Waals surface area contributed by atoms with Gasteiger partial charge >= 0.3 is 0 Å². The molecule has 5 N–H and O–H groups in total. The first-order chi connectivity index (χ1) is 27.8. The van der Waals surface area contributed by atoms with Gasteiger partial charge in [-0.3, -0.25) is 33.7 Å². The van der Waals surface area contributed by atoms with Gasteiger partial charge in [-0.25, -0.2) is 15.0 Å². The summed E-state index contributed by atoms with van der Waals surface area (Å²) in [6.45, 7) is 18.3. The number of imidazole rings is 1. The van der Waals surface area contributed by atoms with Crippen molar-refractivity contribution in [2.75, 3.05) is 13.1 Å². The van der Waals surface area contributed by atoms with Crippen molar-refractivity contribution in [2.45, 2.75) is 117 Å². The van der Waals surface area contributed by atoms with Crippen LogP contribution in [0.5, 0.6) is 0 Å². The van der Waals surface area contributed by atoms with Crippen molar-refractivity contribution >= 4 is 46.3 Å². The van der Waals surface area contributed by atoms with E-state index < -0.39 is 11.9 Å². The van der Waals surface area contributed by atoms with Crippen molar-refractivity contribution < 1.29 is 19.2 Å². The topological polar surface area (TPSA) is 205 Å². The lowest BCUT2D eigenvalue weighted by Gasteiger charge is -2.21. The molecule has 59 heavy (non-hydrogen) atoms. The molecule has 2 fully saturated rings. The number of carbonyl (C=O) groups is 4. The van der Waals surface area contributed by atoms with Gasteiger partial charge in [-0.1, -0.05) is 41.5 Å². The summed E-state index contributed by atoms with van der Waals surface area (Å²) in [5.74, 6) is -0.759. The highest BCUT2D eigenvalue weighted by molar-refractivity contribution is 7.15. The summed E-state index contributed by atoms with van der Waals surface area (Å²) in [6.07, 6.45) is 12.4. The van der Waals surface area contributed by atoms with E-state index >= 15 is 0 Å². The Morgan fingerprint density at radius 3 is 1.73 bits per heavy atom. The van der Waals surface area contributed by atoms with E-state index in [1.165, 1.54) is 22.2 Å². The predicted octanol–water partition coefficient (Wildman–Crippen LogP) is 5.94. The van der Waals surface area contributed by atoms with E-state index in [-0.39, 0.29) is 47.4 Å². The average Bonchev–Trinajstić information content (AvgIpc) is 4.03. The Morgan fingerprint density at radius 2 is 1.31 bits per heavy atom. The van der Waals surface area contributed by atoms with Crippen LogP contribution in [-0.4, -0.2) is 83.2 Å². The smallest absolute Gasteiger partial charge is 0.240 e. The van der Waals surface area contributed by atoms with Crippen molar-refractivity contribution in [1.29, 1.82) is 0 Å². The number of pyridine rings is 2. The van der Waals surface area contributed by atoms with Crippen LogP contribution in [0, 0.1) is 13.8 Å². The van der Waals surface area contributed by atoms with Gasteiger partial charge in [0.25, 0.3) is 0 Å². The Labute approximate surface area is 354 Å². The predicted molar refractivity (Wildman–Crippen MR) is 232 cm³/mol. The molecule has 5 aromatic rings. The van der Waals surface area contributed by atoms with Crippen molar-refractivity contribution in [3.05, 3.63) is 88.2 Å². The molecule has 314 valence electrons. The molecule has 3 amide bonds. The largest absolute Gasteiger partial charge is 0.368 e. The third-order valence-corrected chi connectivity index (χ3v) is 12.4. The number of amides is 3. The molecule has 0 saturated carbocycles. The molecule has 0 aromatic carbocycles. The molecule has 16 heteroatoms. The molecular weight excluding hydrogens is 785 g/mol. The number of thiazole rings is 2. The molecule has 7 heterocycles. The minimum absolute atomic E-state index is 0.00514. The Hall–Kier alpha value is -5.19. The summed E-state index contributed by atoms with van der Waals surface area (Å²) < 4.78 is 1.49. The van der Waals surface area contributed by atoms with Crippen LogP contribution in [0.4, 0.5) is 0 Å². The SMILES string of the molecule is Cc1nc(CC(=O)N2CCC[C@H]2C(N)=O)sc1-c1ccnc(C(C)(C)C)c1.Cc1nc(CC(=O)n2ccnc2)sc1-c1ccnc(C(C)(C)C)c1.NC(=O)[C@@H]1CCCN1. The zero-order valence-electron chi connectivity index (χ0n) is 35.2. The van der Waals surface area contributed by atoms with E-state index in [9.17, 15) is 19.2 Å². The molecule has 0 unspecified atom stereocenters. The van der Waals surface area contributed by atoms with Crippen molar-refractivity contribution in [3.8, 4) is 20.9 Å². The van der Waals surface area contributed by atoms with E-state index in [1.54, 1.807) is 28.6 Å². The van der Waals surface area contributed by atoms with Gasteiger partial charge < -0.3 is 21.7 Å². The minimum Gasteiger partial charge on any atom is -0.368 e. The van der Waals surface area contributed by atoms with Gasteiger partial charge in [-0.2, -0.15) is 0 Å². The fourth-order valence-electron chi connectivity index (χ4n) is 6.70. The van der Waals surface area contributed by atoms with E-state index in [1.807, 2.05) is 38.4 Å². The molecule has 2 atom stereocenters. The molecule has 0 spiro atoms. The lowest BCUT2D eigenvalue weighted by Crippen LogP contribution is -2.44. The molecule has 2 aliphatic heterocycles. The Kier molecular flexibility index (Phi) is 14.7. The molecule has 0 radical (unpaired) electrons. The number of likely N-dealkylation sites (tertiary alicyclic amines) is 1. The van der Waals surface area contributed by atoms with E-state index in [4.69, 9.17) is 11.5 Å². The zero-order chi connectivity index (χ0) is 43.1. The molecule has 2 aliphatic rings. The van der Waals surface area contributed by atoms with Gasteiger partial charge in [0.05, 0.1) is 40.0 Å². The van der Waals surface area contributed by atoms with Crippen LogP contribution in [0.25, 0.3) is 20.9 Å². The Balaban J connectivity index is 0.000000190. The van der Waals surface area contributed by atoms with Crippen LogP contribution in [0.3, 0.4) is 0 Å². The monoisotopic (exact) mass is 840 g/mol. The fourth-order valence-corrected chi connectivity index (χ4v) is 8.81. The van der Waals surface area contributed by atoms with Gasteiger partial charge in [-0.15, -0.1) is 22.7 Å². The summed E-state index contributed by atoms with van der Waals surface area (Å²) in [7, 11) is 0. The summed E-state index contributed by atoms with van der Waals surface area (Å²) in [5.41, 5.74) is 16.5. The van der Waals surface area contributed by atoms with Gasteiger partial charge in [-0.05, 0) is 81.5 Å². The van der Waals surface area contributed by atoms with Gasteiger partial charge in [0.1, 0.15) is 22.4 Å². The standard InChI is InChI=1S/C20H26N4O2S.C18H20N4OS.C5H10N2O/c1-12-18(13-7-8-22-15(10-13)20(2,3)4)27-16(23-12)11-17(25)24-9-5-6-14(24)19(21)26;1-12-17(13-5-6-20-14(9-13)18(2,3)4)24-15(21-12)10-16(23)22-8-7-19-11-22;6-5(8)4-2-1-3-7-4/h7-8,10,14H,5-6,9,11H2,1-4H3,(H2,21,26);5-9,11H,10H2,1-4H3;4,7H,1-3H2,(H2,6,8)/t14-;;4-/m0.0/s1. The zero-order valence-corrected chi connectivity index (χ0v) is 36.9. The van der Waals surface area contributed by atoms with Crippen LogP contribution < -0.4 is 16.8 Å². The van der Waals surface area contributed by atoms with Crippen molar-refractivity contribution in [3.63, 3.8) is 0 Å². The van der Waals surface area contributed by atoms with Crippen molar-refractivity contribution in [2.24, 2.45) is 11.5 Å². The molecule has 5 aromatic heterocycles. The summed E-state index contributed by atoms with van der Waals surface area (Å²) in [4.78, 5) is 72.5. The van der Waals surface area contributed by atoms with Crippen LogP contribution in [0.15, 0.2) is 55.4 Å². The quantitative estimate of drug-likeness (QED) is 0.168. The lowest BCUT2D eigenvalue weighted by molar-refractivity contribution is -0.136. The lowest BCUT2D eigenvalue weighted by atomic mass is 9.90.